The molecule has 1 aromatic rings. The van der Waals surface area contributed by atoms with Crippen LogP contribution in [0.3, 0.4) is 0 Å². The predicted octanol–water partition coefficient (Wildman–Crippen LogP) is 2.76. The highest BCUT2D eigenvalue weighted by Crippen LogP contribution is 2.33. The standard InChI is InChI=1S/C17H21NO3S/c1-11-7-8-12(2)14(9-11)18-17(19)16-10-13-5-3-4-6-15(13)22(16,20)21/h3-6,10-12,14H,7-9H2,1-2H3,(H,18,19). The monoisotopic (exact) mass is 319 g/mol. The summed E-state index contributed by atoms with van der Waals surface area (Å²) in [5.41, 5.74) is 0.595. The Morgan fingerprint density at radius 2 is 1.91 bits per heavy atom. The average molecular weight is 319 g/mol. The summed E-state index contributed by atoms with van der Waals surface area (Å²) in [4.78, 5) is 12.6. The van der Waals surface area contributed by atoms with Crippen molar-refractivity contribution in [3.63, 3.8) is 0 Å². The molecule has 1 saturated carbocycles. The Morgan fingerprint density at radius 3 is 2.64 bits per heavy atom. The molecule has 4 nitrogen and oxygen atoms in total. The maximum atomic E-state index is 12.5. The van der Waals surface area contributed by atoms with Gasteiger partial charge in [-0.15, -0.1) is 0 Å². The van der Waals surface area contributed by atoms with Gasteiger partial charge in [0, 0.05) is 6.04 Å². The molecule has 0 aromatic heterocycles. The summed E-state index contributed by atoms with van der Waals surface area (Å²) in [6.07, 6.45) is 4.63. The summed E-state index contributed by atoms with van der Waals surface area (Å²) >= 11 is 0. The van der Waals surface area contributed by atoms with E-state index in [1.807, 2.05) is 0 Å². The largest absolute Gasteiger partial charge is 0.348 e. The molecule has 3 rings (SSSR count). The van der Waals surface area contributed by atoms with Crippen LogP contribution in [-0.2, 0) is 14.6 Å². The van der Waals surface area contributed by atoms with Crippen molar-refractivity contribution in [2.75, 3.05) is 0 Å². The van der Waals surface area contributed by atoms with Crippen LogP contribution >= 0.6 is 0 Å². The number of hydrogen-bond acceptors (Lipinski definition) is 3. The van der Waals surface area contributed by atoms with Crippen LogP contribution < -0.4 is 5.32 Å². The summed E-state index contributed by atoms with van der Waals surface area (Å²) in [6, 6.07) is 6.77. The molecular formula is C17H21NO3S. The van der Waals surface area contributed by atoms with Crippen molar-refractivity contribution in [2.45, 2.75) is 44.0 Å². The Balaban J connectivity index is 1.82. The smallest absolute Gasteiger partial charge is 0.263 e. The molecule has 1 aromatic carbocycles. The maximum Gasteiger partial charge on any atom is 0.263 e. The van der Waals surface area contributed by atoms with Crippen LogP contribution in [0.25, 0.3) is 6.08 Å². The third kappa shape index (κ3) is 2.58. The number of rotatable bonds is 2. The van der Waals surface area contributed by atoms with E-state index in [2.05, 4.69) is 19.2 Å². The Bertz CT molecular complexity index is 736. The minimum atomic E-state index is -3.68. The number of fused-ring (bicyclic) bond motifs is 1. The molecule has 1 heterocycles. The molecule has 0 radical (unpaired) electrons. The second-order valence-electron chi connectivity index (χ2n) is 6.53. The van der Waals surface area contributed by atoms with Crippen LogP contribution in [0.2, 0.25) is 0 Å². The lowest BCUT2D eigenvalue weighted by Gasteiger charge is -2.33. The van der Waals surface area contributed by atoms with Gasteiger partial charge < -0.3 is 5.32 Å². The quantitative estimate of drug-likeness (QED) is 0.911. The normalized spacial score (nSPS) is 29.5. The molecule has 22 heavy (non-hydrogen) atoms. The van der Waals surface area contributed by atoms with Crippen molar-refractivity contribution in [3.8, 4) is 0 Å². The van der Waals surface area contributed by atoms with E-state index in [4.69, 9.17) is 0 Å². The van der Waals surface area contributed by atoms with Crippen molar-refractivity contribution in [3.05, 3.63) is 34.7 Å². The molecule has 1 aliphatic carbocycles. The van der Waals surface area contributed by atoms with Gasteiger partial charge >= 0.3 is 0 Å². The number of hydrogen-bond donors (Lipinski definition) is 1. The first-order valence-electron chi connectivity index (χ1n) is 7.76. The molecule has 0 saturated heterocycles. The van der Waals surface area contributed by atoms with E-state index in [1.54, 1.807) is 24.3 Å². The second kappa shape index (κ2) is 5.54. The molecule has 3 unspecified atom stereocenters. The van der Waals surface area contributed by atoms with Crippen LogP contribution in [0.5, 0.6) is 0 Å². The maximum absolute atomic E-state index is 12.5. The molecule has 118 valence electrons. The van der Waals surface area contributed by atoms with Gasteiger partial charge in [-0.1, -0.05) is 38.5 Å². The second-order valence-corrected chi connectivity index (χ2v) is 8.41. The lowest BCUT2D eigenvalue weighted by molar-refractivity contribution is -0.118. The summed E-state index contributed by atoms with van der Waals surface area (Å²) < 4.78 is 25.0. The molecular weight excluding hydrogens is 298 g/mol. The third-order valence-electron chi connectivity index (χ3n) is 4.78. The average Bonchev–Trinajstić information content (AvgIpc) is 2.75. The van der Waals surface area contributed by atoms with E-state index >= 15 is 0 Å². The van der Waals surface area contributed by atoms with Crippen molar-refractivity contribution < 1.29 is 13.2 Å². The molecule has 0 bridgehead atoms. The lowest BCUT2D eigenvalue weighted by atomic mass is 9.80. The van der Waals surface area contributed by atoms with Gasteiger partial charge in [0.25, 0.3) is 5.91 Å². The van der Waals surface area contributed by atoms with Gasteiger partial charge in [0.2, 0.25) is 9.84 Å². The van der Waals surface area contributed by atoms with Crippen molar-refractivity contribution in [1.29, 1.82) is 0 Å². The molecule has 2 aliphatic rings. The highest BCUT2D eigenvalue weighted by Gasteiger charge is 2.36. The Labute approximate surface area is 131 Å². The topological polar surface area (TPSA) is 63.2 Å². The molecule has 5 heteroatoms. The predicted molar refractivity (Wildman–Crippen MR) is 85.7 cm³/mol. The fourth-order valence-electron chi connectivity index (χ4n) is 3.34. The molecule has 3 atom stereocenters. The minimum absolute atomic E-state index is 0.0519. The van der Waals surface area contributed by atoms with Gasteiger partial charge in [0.1, 0.15) is 4.91 Å². The van der Waals surface area contributed by atoms with Crippen molar-refractivity contribution in [2.24, 2.45) is 11.8 Å². The van der Waals surface area contributed by atoms with Crippen LogP contribution in [-0.4, -0.2) is 20.4 Å². The zero-order valence-electron chi connectivity index (χ0n) is 12.9. The van der Waals surface area contributed by atoms with Gasteiger partial charge in [-0.3, -0.25) is 4.79 Å². The molecule has 1 N–H and O–H groups in total. The van der Waals surface area contributed by atoms with E-state index in [1.165, 1.54) is 12.5 Å². The van der Waals surface area contributed by atoms with Gasteiger partial charge in [-0.25, -0.2) is 8.42 Å². The summed E-state index contributed by atoms with van der Waals surface area (Å²) in [6.45, 7) is 4.29. The fourth-order valence-corrected chi connectivity index (χ4v) is 4.86. The number of nitrogens with one attached hydrogen (secondary N) is 1. The molecule has 1 amide bonds. The Morgan fingerprint density at radius 1 is 1.18 bits per heavy atom. The zero-order chi connectivity index (χ0) is 15.9. The highest BCUT2D eigenvalue weighted by molar-refractivity contribution is 7.96. The first-order chi connectivity index (χ1) is 10.4. The number of carbonyl (C=O) groups is 1. The van der Waals surface area contributed by atoms with Crippen LogP contribution in [0.4, 0.5) is 0 Å². The highest BCUT2D eigenvalue weighted by atomic mass is 32.2. The summed E-state index contributed by atoms with van der Waals surface area (Å²) in [5.74, 6) is 0.474. The van der Waals surface area contributed by atoms with E-state index in [-0.39, 0.29) is 15.8 Å². The van der Waals surface area contributed by atoms with Crippen LogP contribution in [0, 0.1) is 11.8 Å². The van der Waals surface area contributed by atoms with Gasteiger partial charge in [0.15, 0.2) is 0 Å². The van der Waals surface area contributed by atoms with Gasteiger partial charge in [0.05, 0.1) is 4.90 Å². The zero-order valence-corrected chi connectivity index (χ0v) is 13.7. The molecule has 0 spiro atoms. The fraction of sp³-hybridized carbons (Fsp3) is 0.471. The van der Waals surface area contributed by atoms with Crippen molar-refractivity contribution >= 4 is 21.8 Å². The third-order valence-corrected chi connectivity index (χ3v) is 6.62. The minimum Gasteiger partial charge on any atom is -0.348 e. The van der Waals surface area contributed by atoms with Crippen molar-refractivity contribution in [1.82, 2.24) is 5.32 Å². The first-order valence-corrected chi connectivity index (χ1v) is 9.24. The van der Waals surface area contributed by atoms with E-state index in [0.29, 0.717) is 17.4 Å². The van der Waals surface area contributed by atoms with Gasteiger partial charge in [-0.2, -0.15) is 0 Å². The van der Waals surface area contributed by atoms with Crippen LogP contribution in [0.15, 0.2) is 34.1 Å². The lowest BCUT2D eigenvalue weighted by Crippen LogP contribution is -2.43. The van der Waals surface area contributed by atoms with E-state index < -0.39 is 15.7 Å². The molecule has 1 aliphatic heterocycles. The summed E-state index contributed by atoms with van der Waals surface area (Å²) in [5, 5.41) is 2.95. The number of benzene rings is 1. The van der Waals surface area contributed by atoms with E-state index in [9.17, 15) is 13.2 Å². The summed E-state index contributed by atoms with van der Waals surface area (Å²) in [7, 11) is -3.68. The number of carbonyl (C=O) groups excluding carboxylic acids is 1. The van der Waals surface area contributed by atoms with E-state index in [0.717, 1.165) is 12.8 Å². The van der Waals surface area contributed by atoms with Gasteiger partial charge in [-0.05, 0) is 42.4 Å². The Kier molecular flexibility index (Phi) is 3.85. The SMILES string of the molecule is CC1CCC(C)C(NC(=O)C2=Cc3ccccc3S2(=O)=O)C1. The number of amides is 1. The molecule has 1 fully saturated rings. The van der Waals surface area contributed by atoms with Crippen LogP contribution in [0.1, 0.15) is 38.7 Å². The first kappa shape index (κ1) is 15.3. The Hall–Kier alpha value is -1.62. The number of sulfone groups is 1.